The van der Waals surface area contributed by atoms with Crippen molar-refractivity contribution >= 4 is 23.3 Å². The van der Waals surface area contributed by atoms with E-state index in [1.165, 1.54) is 6.33 Å². The maximum absolute atomic E-state index is 12.5. The Labute approximate surface area is 140 Å². The lowest BCUT2D eigenvalue weighted by Crippen LogP contribution is -2.39. The first-order valence-electron chi connectivity index (χ1n) is 7.60. The van der Waals surface area contributed by atoms with E-state index >= 15 is 0 Å². The second-order valence-electron chi connectivity index (χ2n) is 6.56. The van der Waals surface area contributed by atoms with E-state index in [9.17, 15) is 4.79 Å². The van der Waals surface area contributed by atoms with Crippen LogP contribution in [0.3, 0.4) is 0 Å². The van der Waals surface area contributed by atoms with Crippen molar-refractivity contribution in [3.8, 4) is 0 Å². The smallest absolute Gasteiger partial charge is 0.322 e. The highest BCUT2D eigenvalue weighted by Crippen LogP contribution is 2.33. The number of aromatic nitrogens is 3. The maximum Gasteiger partial charge on any atom is 0.322 e. The molecular formula is C16H20ClN5O. The van der Waals surface area contributed by atoms with E-state index in [0.717, 1.165) is 23.5 Å². The molecular weight excluding hydrogens is 314 g/mol. The third-order valence-corrected chi connectivity index (χ3v) is 4.22. The van der Waals surface area contributed by atoms with E-state index in [0.29, 0.717) is 18.1 Å². The Morgan fingerprint density at radius 2 is 2.17 bits per heavy atom. The molecule has 1 aromatic heterocycles. The molecule has 23 heavy (non-hydrogen) atoms. The summed E-state index contributed by atoms with van der Waals surface area (Å²) in [6, 6.07) is 5.50. The van der Waals surface area contributed by atoms with Crippen molar-refractivity contribution in [2.75, 3.05) is 11.4 Å². The Hall–Kier alpha value is -2.08. The SMILES string of the molecule is CC(C)(C)n1ncnc1CNC(=O)N1CCc2c(Cl)cccc21. The highest BCUT2D eigenvalue weighted by Gasteiger charge is 2.26. The van der Waals surface area contributed by atoms with Gasteiger partial charge in [-0.05, 0) is 44.9 Å². The molecule has 0 radical (unpaired) electrons. The average molecular weight is 334 g/mol. The van der Waals surface area contributed by atoms with Crippen LogP contribution in [-0.4, -0.2) is 27.3 Å². The van der Waals surface area contributed by atoms with Crippen LogP contribution in [0, 0.1) is 0 Å². The summed E-state index contributed by atoms with van der Waals surface area (Å²) in [6.07, 6.45) is 2.29. The van der Waals surface area contributed by atoms with Gasteiger partial charge in [0.05, 0.1) is 17.8 Å². The molecule has 2 aromatic rings. The Balaban J connectivity index is 1.71. The van der Waals surface area contributed by atoms with Gasteiger partial charge < -0.3 is 5.32 Å². The number of hydrogen-bond donors (Lipinski definition) is 1. The fourth-order valence-electron chi connectivity index (χ4n) is 2.80. The van der Waals surface area contributed by atoms with Gasteiger partial charge in [0, 0.05) is 11.6 Å². The number of anilines is 1. The molecule has 1 aliphatic rings. The molecule has 1 N–H and O–H groups in total. The molecule has 0 aliphatic carbocycles. The van der Waals surface area contributed by atoms with Crippen molar-refractivity contribution in [3.63, 3.8) is 0 Å². The van der Waals surface area contributed by atoms with Gasteiger partial charge in [0.25, 0.3) is 0 Å². The van der Waals surface area contributed by atoms with Gasteiger partial charge in [-0.3, -0.25) is 4.90 Å². The third-order valence-electron chi connectivity index (χ3n) is 3.87. The average Bonchev–Trinajstić information content (AvgIpc) is 3.11. The number of benzene rings is 1. The molecule has 3 rings (SSSR count). The first-order chi connectivity index (χ1) is 10.9. The summed E-state index contributed by atoms with van der Waals surface area (Å²) in [6.45, 7) is 7.11. The molecule has 122 valence electrons. The molecule has 1 aromatic carbocycles. The molecule has 2 amide bonds. The number of amides is 2. The summed E-state index contributed by atoms with van der Waals surface area (Å²) >= 11 is 6.19. The van der Waals surface area contributed by atoms with Crippen LogP contribution in [0.4, 0.5) is 10.5 Å². The topological polar surface area (TPSA) is 63.1 Å². The number of carbonyl (C=O) groups is 1. The predicted molar refractivity (Wildman–Crippen MR) is 89.8 cm³/mol. The molecule has 0 atom stereocenters. The molecule has 0 saturated heterocycles. The summed E-state index contributed by atoms with van der Waals surface area (Å²) < 4.78 is 1.82. The van der Waals surface area contributed by atoms with Crippen molar-refractivity contribution in [2.24, 2.45) is 0 Å². The molecule has 1 aliphatic heterocycles. The van der Waals surface area contributed by atoms with Crippen molar-refractivity contribution < 1.29 is 4.79 Å². The van der Waals surface area contributed by atoms with Gasteiger partial charge in [-0.25, -0.2) is 14.5 Å². The van der Waals surface area contributed by atoms with Crippen LogP contribution >= 0.6 is 11.6 Å². The number of carbonyl (C=O) groups excluding carboxylic acids is 1. The van der Waals surface area contributed by atoms with Crippen molar-refractivity contribution in [1.29, 1.82) is 0 Å². The maximum atomic E-state index is 12.5. The largest absolute Gasteiger partial charge is 0.330 e. The zero-order chi connectivity index (χ0) is 16.6. The highest BCUT2D eigenvalue weighted by molar-refractivity contribution is 6.32. The zero-order valence-corrected chi connectivity index (χ0v) is 14.3. The predicted octanol–water partition coefficient (Wildman–Crippen LogP) is 2.96. The Morgan fingerprint density at radius 1 is 1.39 bits per heavy atom. The van der Waals surface area contributed by atoms with Gasteiger partial charge in [-0.1, -0.05) is 17.7 Å². The van der Waals surface area contributed by atoms with E-state index in [1.54, 1.807) is 4.90 Å². The summed E-state index contributed by atoms with van der Waals surface area (Å²) in [4.78, 5) is 18.4. The zero-order valence-electron chi connectivity index (χ0n) is 13.5. The van der Waals surface area contributed by atoms with Gasteiger partial charge >= 0.3 is 6.03 Å². The van der Waals surface area contributed by atoms with Crippen LogP contribution in [-0.2, 0) is 18.5 Å². The molecule has 6 nitrogen and oxygen atoms in total. The number of urea groups is 1. The van der Waals surface area contributed by atoms with Crippen LogP contribution in [0.1, 0.15) is 32.2 Å². The summed E-state index contributed by atoms with van der Waals surface area (Å²) in [7, 11) is 0. The van der Waals surface area contributed by atoms with Crippen molar-refractivity contribution in [3.05, 3.63) is 40.9 Å². The van der Waals surface area contributed by atoms with Crippen molar-refractivity contribution in [1.82, 2.24) is 20.1 Å². The fraction of sp³-hybridized carbons (Fsp3) is 0.438. The fourth-order valence-corrected chi connectivity index (χ4v) is 3.06. The van der Waals surface area contributed by atoms with Crippen LogP contribution in [0.15, 0.2) is 24.5 Å². The lowest BCUT2D eigenvalue weighted by molar-refractivity contribution is 0.245. The van der Waals surface area contributed by atoms with E-state index in [1.807, 2.05) is 43.7 Å². The quantitative estimate of drug-likeness (QED) is 0.919. The van der Waals surface area contributed by atoms with Gasteiger partial charge in [-0.15, -0.1) is 0 Å². The van der Waals surface area contributed by atoms with Crippen LogP contribution in [0.5, 0.6) is 0 Å². The van der Waals surface area contributed by atoms with Crippen LogP contribution < -0.4 is 10.2 Å². The summed E-state index contributed by atoms with van der Waals surface area (Å²) in [5.41, 5.74) is 1.74. The molecule has 0 bridgehead atoms. The molecule has 0 unspecified atom stereocenters. The minimum absolute atomic E-state index is 0.144. The number of nitrogens with one attached hydrogen (secondary N) is 1. The first-order valence-corrected chi connectivity index (χ1v) is 7.98. The minimum atomic E-state index is -0.176. The van der Waals surface area contributed by atoms with Gasteiger partial charge in [0.2, 0.25) is 0 Å². The number of rotatable bonds is 2. The van der Waals surface area contributed by atoms with E-state index in [2.05, 4.69) is 15.4 Å². The van der Waals surface area contributed by atoms with Gasteiger partial charge in [0.15, 0.2) is 0 Å². The number of nitrogens with zero attached hydrogens (tertiary/aromatic N) is 4. The number of halogens is 1. The standard InChI is InChI=1S/C16H20ClN5O/c1-16(2,3)22-14(19-10-20-22)9-18-15(23)21-8-7-11-12(17)5-4-6-13(11)21/h4-6,10H,7-9H2,1-3H3,(H,18,23). The lowest BCUT2D eigenvalue weighted by atomic mass is 10.1. The molecule has 0 saturated carbocycles. The number of fused-ring (bicyclic) bond motifs is 1. The van der Waals surface area contributed by atoms with Crippen LogP contribution in [0.2, 0.25) is 5.02 Å². The monoisotopic (exact) mass is 333 g/mol. The first kappa shape index (κ1) is 15.8. The minimum Gasteiger partial charge on any atom is -0.330 e. The van der Waals surface area contributed by atoms with E-state index in [4.69, 9.17) is 11.6 Å². The molecule has 0 fully saturated rings. The summed E-state index contributed by atoms with van der Waals surface area (Å²) in [5.74, 6) is 0.733. The van der Waals surface area contributed by atoms with Gasteiger partial charge in [0.1, 0.15) is 12.2 Å². The van der Waals surface area contributed by atoms with Crippen molar-refractivity contribution in [2.45, 2.75) is 39.3 Å². The Kier molecular flexibility index (Phi) is 4.02. The van der Waals surface area contributed by atoms with E-state index in [-0.39, 0.29) is 11.6 Å². The summed E-state index contributed by atoms with van der Waals surface area (Å²) in [5, 5.41) is 7.87. The van der Waals surface area contributed by atoms with E-state index < -0.39 is 0 Å². The van der Waals surface area contributed by atoms with Gasteiger partial charge in [-0.2, -0.15) is 5.10 Å². The third kappa shape index (κ3) is 3.03. The second kappa shape index (κ2) is 5.85. The Morgan fingerprint density at radius 3 is 2.91 bits per heavy atom. The number of hydrogen-bond acceptors (Lipinski definition) is 3. The normalized spacial score (nSPS) is 14.0. The highest BCUT2D eigenvalue weighted by atomic mass is 35.5. The Bertz CT molecular complexity index is 734. The lowest BCUT2D eigenvalue weighted by Gasteiger charge is -2.22. The molecule has 2 heterocycles. The molecule has 7 heteroatoms. The van der Waals surface area contributed by atoms with Crippen LogP contribution in [0.25, 0.3) is 0 Å². The molecule has 0 spiro atoms. The second-order valence-corrected chi connectivity index (χ2v) is 6.96.